The van der Waals surface area contributed by atoms with E-state index in [1.54, 1.807) is 6.92 Å². The fourth-order valence-electron chi connectivity index (χ4n) is 1.10. The number of rotatable bonds is 6. The Labute approximate surface area is 102 Å². The van der Waals surface area contributed by atoms with E-state index in [9.17, 15) is 8.42 Å². The van der Waals surface area contributed by atoms with Gasteiger partial charge in [-0.05, 0) is 20.3 Å². The topological polar surface area (TPSA) is 85.1 Å². The summed E-state index contributed by atoms with van der Waals surface area (Å²) in [7, 11) is -3.18. The summed E-state index contributed by atoms with van der Waals surface area (Å²) < 4.78 is 27.6. The molecular weight excluding hydrogens is 242 g/mol. The smallest absolute Gasteiger partial charge is 0.240 e. The van der Waals surface area contributed by atoms with Crippen LogP contribution in [0.5, 0.6) is 0 Å². The van der Waals surface area contributed by atoms with E-state index in [1.165, 1.54) is 0 Å². The summed E-state index contributed by atoms with van der Waals surface area (Å²) in [6.45, 7) is 6.13. The summed E-state index contributed by atoms with van der Waals surface area (Å²) in [5, 5.41) is 6.14. The van der Waals surface area contributed by atoms with Crippen molar-refractivity contribution >= 4 is 9.84 Å². The Bertz CT molecular complexity index is 455. The molecule has 6 nitrogen and oxygen atoms in total. The average Bonchev–Trinajstić information content (AvgIpc) is 2.71. The van der Waals surface area contributed by atoms with Gasteiger partial charge in [-0.2, -0.15) is 4.98 Å². The highest BCUT2D eigenvalue weighted by atomic mass is 32.2. The van der Waals surface area contributed by atoms with Crippen LogP contribution in [-0.4, -0.2) is 30.9 Å². The van der Waals surface area contributed by atoms with Crippen molar-refractivity contribution < 1.29 is 12.9 Å². The van der Waals surface area contributed by atoms with Crippen LogP contribution in [0.4, 0.5) is 0 Å². The molecule has 0 saturated carbocycles. The van der Waals surface area contributed by atoms with Crippen LogP contribution in [0.25, 0.3) is 0 Å². The highest BCUT2D eigenvalue weighted by Crippen LogP contribution is 2.17. The number of hydrogen-bond donors (Lipinski definition) is 1. The van der Waals surface area contributed by atoms with Gasteiger partial charge < -0.3 is 9.84 Å². The first-order chi connectivity index (χ1) is 7.84. The lowest BCUT2D eigenvalue weighted by atomic mass is 10.3. The molecule has 1 aromatic heterocycles. The molecule has 0 radical (unpaired) electrons. The molecule has 0 spiro atoms. The van der Waals surface area contributed by atoms with Crippen molar-refractivity contribution in [2.24, 2.45) is 0 Å². The van der Waals surface area contributed by atoms with Crippen molar-refractivity contribution in [3.05, 3.63) is 11.7 Å². The van der Waals surface area contributed by atoms with Crippen LogP contribution in [-0.2, 0) is 16.4 Å². The van der Waals surface area contributed by atoms with Gasteiger partial charge in [-0.15, -0.1) is 0 Å². The fraction of sp³-hybridized carbons (Fsp3) is 0.800. The monoisotopic (exact) mass is 261 g/mol. The van der Waals surface area contributed by atoms with Crippen molar-refractivity contribution in [2.75, 3.05) is 6.26 Å². The third kappa shape index (κ3) is 4.08. The molecule has 1 rings (SSSR count). The highest BCUT2D eigenvalue weighted by molar-refractivity contribution is 7.90. The summed E-state index contributed by atoms with van der Waals surface area (Å²) in [6.07, 6.45) is 2.16. The first-order valence-corrected chi connectivity index (χ1v) is 7.54. The van der Waals surface area contributed by atoms with E-state index < -0.39 is 15.1 Å². The molecule has 0 aliphatic rings. The third-order valence-electron chi connectivity index (χ3n) is 2.70. The van der Waals surface area contributed by atoms with Gasteiger partial charge in [-0.3, -0.25) is 0 Å². The van der Waals surface area contributed by atoms with Crippen LogP contribution in [0.2, 0.25) is 0 Å². The number of aromatic nitrogens is 2. The largest absolute Gasteiger partial charge is 0.338 e. The minimum atomic E-state index is -3.18. The molecule has 0 amide bonds. The minimum absolute atomic E-state index is 0.216. The standard InChI is InChI=1S/C10H19N3O3S/c1-5-7(2)11-6-9-12-10(13-16-9)8(3)17(4,14)15/h7-8,11H,5-6H2,1-4H3. The molecule has 7 heteroatoms. The van der Waals surface area contributed by atoms with Crippen molar-refractivity contribution in [3.8, 4) is 0 Å². The fourth-order valence-corrected chi connectivity index (χ4v) is 1.58. The van der Waals surface area contributed by atoms with E-state index in [0.717, 1.165) is 12.7 Å². The molecule has 0 aliphatic heterocycles. The number of sulfone groups is 1. The van der Waals surface area contributed by atoms with Gasteiger partial charge in [0.25, 0.3) is 0 Å². The maximum Gasteiger partial charge on any atom is 0.240 e. The zero-order valence-electron chi connectivity index (χ0n) is 10.6. The molecule has 17 heavy (non-hydrogen) atoms. The second-order valence-corrected chi connectivity index (χ2v) is 6.57. The number of nitrogens with zero attached hydrogens (tertiary/aromatic N) is 2. The maximum atomic E-state index is 11.3. The molecule has 1 aromatic rings. The van der Waals surface area contributed by atoms with Crippen molar-refractivity contribution in [1.82, 2.24) is 15.5 Å². The molecule has 0 aliphatic carbocycles. The normalized spacial score (nSPS) is 15.8. The Hall–Kier alpha value is -0.950. The van der Waals surface area contributed by atoms with E-state index in [2.05, 4.69) is 29.3 Å². The summed E-state index contributed by atoms with van der Waals surface area (Å²) in [5.74, 6) is 0.629. The molecule has 0 saturated heterocycles. The van der Waals surface area contributed by atoms with Crippen LogP contribution >= 0.6 is 0 Å². The van der Waals surface area contributed by atoms with Crippen molar-refractivity contribution in [1.29, 1.82) is 0 Å². The quantitative estimate of drug-likeness (QED) is 0.824. The Kier molecular flexibility index (Phi) is 4.64. The molecule has 0 fully saturated rings. The van der Waals surface area contributed by atoms with Gasteiger partial charge in [0.15, 0.2) is 15.7 Å². The van der Waals surface area contributed by atoms with Crippen molar-refractivity contribution in [2.45, 2.75) is 45.0 Å². The average molecular weight is 261 g/mol. The van der Waals surface area contributed by atoms with Gasteiger partial charge in [0, 0.05) is 12.3 Å². The SMILES string of the molecule is CCC(C)NCc1nc(C(C)S(C)(=O)=O)no1. The van der Waals surface area contributed by atoms with Gasteiger partial charge in [-0.25, -0.2) is 8.42 Å². The predicted molar refractivity (Wildman–Crippen MR) is 64.1 cm³/mol. The Balaban J connectivity index is 2.66. The maximum absolute atomic E-state index is 11.3. The molecule has 1 N–H and O–H groups in total. The van der Waals surface area contributed by atoms with E-state index in [4.69, 9.17) is 4.52 Å². The zero-order chi connectivity index (χ0) is 13.1. The van der Waals surface area contributed by atoms with E-state index in [1.807, 2.05) is 0 Å². The predicted octanol–water partition coefficient (Wildman–Crippen LogP) is 1.06. The lowest BCUT2D eigenvalue weighted by Crippen LogP contribution is -2.24. The van der Waals surface area contributed by atoms with Crippen LogP contribution in [0.1, 0.15) is 44.2 Å². The highest BCUT2D eigenvalue weighted by Gasteiger charge is 2.22. The Morgan fingerprint density at radius 1 is 1.41 bits per heavy atom. The molecule has 1 heterocycles. The summed E-state index contributed by atoms with van der Waals surface area (Å²) >= 11 is 0. The van der Waals surface area contributed by atoms with Gasteiger partial charge in [-0.1, -0.05) is 12.1 Å². The lowest BCUT2D eigenvalue weighted by Gasteiger charge is -2.07. The first-order valence-electron chi connectivity index (χ1n) is 5.59. The zero-order valence-corrected chi connectivity index (χ0v) is 11.4. The Morgan fingerprint density at radius 2 is 2.06 bits per heavy atom. The summed E-state index contributed by atoms with van der Waals surface area (Å²) in [4.78, 5) is 4.06. The summed E-state index contributed by atoms with van der Waals surface area (Å²) in [6, 6.07) is 0.359. The van der Waals surface area contributed by atoms with Crippen LogP contribution in [0.3, 0.4) is 0 Å². The van der Waals surface area contributed by atoms with Crippen LogP contribution in [0, 0.1) is 0 Å². The molecule has 2 unspecified atom stereocenters. The number of hydrogen-bond acceptors (Lipinski definition) is 6. The van der Waals surface area contributed by atoms with Gasteiger partial charge in [0.1, 0.15) is 5.25 Å². The van der Waals surface area contributed by atoms with E-state index >= 15 is 0 Å². The van der Waals surface area contributed by atoms with Crippen LogP contribution < -0.4 is 5.32 Å². The van der Waals surface area contributed by atoms with Gasteiger partial charge in [0.05, 0.1) is 6.54 Å². The minimum Gasteiger partial charge on any atom is -0.338 e. The first kappa shape index (κ1) is 14.1. The number of nitrogens with one attached hydrogen (secondary N) is 1. The van der Waals surface area contributed by atoms with Gasteiger partial charge >= 0.3 is 0 Å². The van der Waals surface area contributed by atoms with Crippen LogP contribution in [0.15, 0.2) is 4.52 Å². The molecule has 0 bridgehead atoms. The molecule has 2 atom stereocenters. The second kappa shape index (κ2) is 5.59. The summed E-state index contributed by atoms with van der Waals surface area (Å²) in [5.41, 5.74) is 0. The third-order valence-corrected chi connectivity index (χ3v) is 4.20. The van der Waals surface area contributed by atoms with E-state index in [0.29, 0.717) is 18.5 Å². The molecule has 98 valence electrons. The Morgan fingerprint density at radius 3 is 2.59 bits per heavy atom. The van der Waals surface area contributed by atoms with Crippen molar-refractivity contribution in [3.63, 3.8) is 0 Å². The second-order valence-electron chi connectivity index (χ2n) is 4.21. The van der Waals surface area contributed by atoms with Gasteiger partial charge in [0.2, 0.25) is 5.89 Å². The van der Waals surface area contributed by atoms with E-state index in [-0.39, 0.29) is 5.82 Å². The lowest BCUT2D eigenvalue weighted by molar-refractivity contribution is 0.354. The molecular formula is C10H19N3O3S. The molecule has 0 aromatic carbocycles.